The second kappa shape index (κ2) is 7.77. The van der Waals surface area contributed by atoms with E-state index in [-0.39, 0.29) is 11.9 Å². The Bertz CT molecular complexity index is 691. The highest BCUT2D eigenvalue weighted by Gasteiger charge is 2.29. The molecule has 0 saturated carbocycles. The van der Waals surface area contributed by atoms with Crippen molar-refractivity contribution in [1.82, 2.24) is 0 Å². The molecular weight excluding hydrogens is 302 g/mol. The second-order valence-electron chi connectivity index (χ2n) is 6.16. The summed E-state index contributed by atoms with van der Waals surface area (Å²) in [6.07, 6.45) is 0.786. The summed E-state index contributed by atoms with van der Waals surface area (Å²) in [5.74, 6) is -0.450. The van der Waals surface area contributed by atoms with Crippen molar-refractivity contribution in [3.05, 3.63) is 65.7 Å². The molecule has 0 atom stereocenters. The van der Waals surface area contributed by atoms with Gasteiger partial charge in [0.2, 0.25) is 5.91 Å². The van der Waals surface area contributed by atoms with Crippen molar-refractivity contribution >= 4 is 17.6 Å². The van der Waals surface area contributed by atoms with Crippen molar-refractivity contribution in [2.75, 3.05) is 11.9 Å². The predicted molar refractivity (Wildman–Crippen MR) is 95.1 cm³/mol. The van der Waals surface area contributed by atoms with Crippen molar-refractivity contribution in [2.24, 2.45) is 0 Å². The molecule has 4 heteroatoms. The largest absolute Gasteiger partial charge is 0.462 e. The molecule has 1 N–H and O–H groups in total. The van der Waals surface area contributed by atoms with Crippen LogP contribution in [0.2, 0.25) is 0 Å². The first-order valence-corrected chi connectivity index (χ1v) is 8.09. The van der Waals surface area contributed by atoms with Crippen molar-refractivity contribution in [1.29, 1.82) is 0 Å². The Morgan fingerprint density at radius 3 is 2.21 bits per heavy atom. The van der Waals surface area contributed by atoms with Gasteiger partial charge in [0.05, 0.1) is 17.6 Å². The molecule has 4 nitrogen and oxygen atoms in total. The van der Waals surface area contributed by atoms with Crippen LogP contribution in [-0.4, -0.2) is 18.5 Å². The molecule has 0 aliphatic heterocycles. The van der Waals surface area contributed by atoms with Gasteiger partial charge in [0.15, 0.2) is 0 Å². The Morgan fingerprint density at radius 2 is 1.62 bits per heavy atom. The predicted octanol–water partition coefficient (Wildman–Crippen LogP) is 4.17. The van der Waals surface area contributed by atoms with Crippen LogP contribution in [0.4, 0.5) is 5.69 Å². The lowest BCUT2D eigenvalue weighted by Crippen LogP contribution is -2.34. The molecule has 0 bridgehead atoms. The second-order valence-corrected chi connectivity index (χ2v) is 6.16. The van der Waals surface area contributed by atoms with E-state index >= 15 is 0 Å². The van der Waals surface area contributed by atoms with E-state index in [1.165, 1.54) is 0 Å². The van der Waals surface area contributed by atoms with Crippen LogP contribution in [-0.2, 0) is 14.9 Å². The van der Waals surface area contributed by atoms with E-state index in [2.05, 4.69) is 5.32 Å². The lowest BCUT2D eigenvalue weighted by atomic mass is 9.83. The fourth-order valence-electron chi connectivity index (χ4n) is 2.24. The molecule has 2 aromatic rings. The van der Waals surface area contributed by atoms with Crippen LogP contribution in [0, 0.1) is 0 Å². The third-order valence-electron chi connectivity index (χ3n) is 3.88. The summed E-state index contributed by atoms with van der Waals surface area (Å²) in [6.45, 7) is 6.12. The van der Waals surface area contributed by atoms with Gasteiger partial charge in [0.1, 0.15) is 0 Å². The molecule has 1 amide bonds. The maximum atomic E-state index is 12.6. The molecule has 0 unspecified atom stereocenters. The summed E-state index contributed by atoms with van der Waals surface area (Å²) in [7, 11) is 0. The molecule has 0 radical (unpaired) electrons. The van der Waals surface area contributed by atoms with Gasteiger partial charge < -0.3 is 10.1 Å². The van der Waals surface area contributed by atoms with Crippen LogP contribution in [0.25, 0.3) is 0 Å². The number of hydrogen-bond donors (Lipinski definition) is 1. The van der Waals surface area contributed by atoms with E-state index < -0.39 is 5.41 Å². The van der Waals surface area contributed by atoms with Crippen molar-refractivity contribution in [2.45, 2.75) is 32.6 Å². The van der Waals surface area contributed by atoms with Gasteiger partial charge in [-0.2, -0.15) is 0 Å². The quantitative estimate of drug-likeness (QED) is 0.811. The first kappa shape index (κ1) is 17.7. The number of esters is 1. The zero-order chi connectivity index (χ0) is 17.6. The molecule has 0 saturated heterocycles. The topological polar surface area (TPSA) is 55.4 Å². The Morgan fingerprint density at radius 1 is 1.00 bits per heavy atom. The zero-order valence-corrected chi connectivity index (χ0v) is 14.3. The lowest BCUT2D eigenvalue weighted by Gasteiger charge is -2.24. The molecule has 0 heterocycles. The molecule has 0 aliphatic carbocycles. The summed E-state index contributed by atoms with van der Waals surface area (Å²) < 4.78 is 5.08. The van der Waals surface area contributed by atoms with E-state index in [9.17, 15) is 9.59 Å². The first-order valence-electron chi connectivity index (χ1n) is 8.09. The minimum atomic E-state index is -0.653. The molecule has 0 fully saturated rings. The molecule has 0 spiro atoms. The molecule has 2 rings (SSSR count). The van der Waals surface area contributed by atoms with Crippen molar-refractivity contribution < 1.29 is 14.3 Å². The highest BCUT2D eigenvalue weighted by atomic mass is 16.5. The standard InChI is InChI=1S/C20H23NO3/c1-4-14-24-18(22)15-10-12-17(13-11-15)21-19(23)20(2,3)16-8-6-5-7-9-16/h5-13H,4,14H2,1-3H3,(H,21,23). The Hall–Kier alpha value is -2.62. The molecule has 2 aromatic carbocycles. The van der Waals surface area contributed by atoms with Gasteiger partial charge >= 0.3 is 5.97 Å². The summed E-state index contributed by atoms with van der Waals surface area (Å²) in [6, 6.07) is 16.4. The number of carbonyl (C=O) groups is 2. The summed E-state index contributed by atoms with van der Waals surface area (Å²) >= 11 is 0. The van der Waals surface area contributed by atoms with Gasteiger partial charge in [-0.15, -0.1) is 0 Å². The summed E-state index contributed by atoms with van der Waals surface area (Å²) in [4.78, 5) is 24.4. The van der Waals surface area contributed by atoms with E-state index in [4.69, 9.17) is 4.74 Å². The average molecular weight is 325 g/mol. The van der Waals surface area contributed by atoms with Gasteiger partial charge in [-0.1, -0.05) is 37.3 Å². The maximum Gasteiger partial charge on any atom is 0.338 e. The fraction of sp³-hybridized carbons (Fsp3) is 0.300. The summed E-state index contributed by atoms with van der Waals surface area (Å²) in [5, 5.41) is 2.90. The van der Waals surface area contributed by atoms with Gasteiger partial charge in [-0.3, -0.25) is 4.79 Å². The molecule has 0 aromatic heterocycles. The Kier molecular flexibility index (Phi) is 5.74. The third kappa shape index (κ3) is 4.22. The number of amides is 1. The van der Waals surface area contributed by atoms with Crippen LogP contribution < -0.4 is 5.32 Å². The van der Waals surface area contributed by atoms with E-state index in [1.807, 2.05) is 51.1 Å². The van der Waals surface area contributed by atoms with Crippen molar-refractivity contribution in [3.8, 4) is 0 Å². The fourth-order valence-corrected chi connectivity index (χ4v) is 2.24. The van der Waals surface area contributed by atoms with Crippen LogP contribution in [0.5, 0.6) is 0 Å². The van der Waals surface area contributed by atoms with Crippen molar-refractivity contribution in [3.63, 3.8) is 0 Å². The maximum absolute atomic E-state index is 12.6. The zero-order valence-electron chi connectivity index (χ0n) is 14.3. The van der Waals surface area contributed by atoms with E-state index in [1.54, 1.807) is 24.3 Å². The van der Waals surface area contributed by atoms with E-state index in [0.717, 1.165) is 12.0 Å². The molecule has 126 valence electrons. The minimum Gasteiger partial charge on any atom is -0.462 e. The van der Waals surface area contributed by atoms with Gasteiger partial charge in [0, 0.05) is 5.69 Å². The van der Waals surface area contributed by atoms with Crippen LogP contribution in [0.1, 0.15) is 43.1 Å². The summed E-state index contributed by atoms with van der Waals surface area (Å²) in [5.41, 5.74) is 1.42. The number of rotatable bonds is 6. The third-order valence-corrected chi connectivity index (χ3v) is 3.88. The first-order chi connectivity index (χ1) is 11.4. The number of carbonyl (C=O) groups excluding carboxylic acids is 2. The van der Waals surface area contributed by atoms with Crippen LogP contribution >= 0.6 is 0 Å². The van der Waals surface area contributed by atoms with Gasteiger partial charge in [-0.25, -0.2) is 4.79 Å². The number of hydrogen-bond acceptors (Lipinski definition) is 3. The van der Waals surface area contributed by atoms with Gasteiger partial charge in [0.25, 0.3) is 0 Å². The van der Waals surface area contributed by atoms with Crippen LogP contribution in [0.15, 0.2) is 54.6 Å². The van der Waals surface area contributed by atoms with Crippen LogP contribution in [0.3, 0.4) is 0 Å². The highest BCUT2D eigenvalue weighted by Crippen LogP contribution is 2.25. The Labute approximate surface area is 142 Å². The lowest BCUT2D eigenvalue weighted by molar-refractivity contribution is -0.120. The number of benzene rings is 2. The SMILES string of the molecule is CCCOC(=O)c1ccc(NC(=O)C(C)(C)c2ccccc2)cc1. The molecule has 24 heavy (non-hydrogen) atoms. The molecule has 0 aliphatic rings. The average Bonchev–Trinajstić information content (AvgIpc) is 2.61. The molecular formula is C20H23NO3. The normalized spacial score (nSPS) is 11.0. The highest BCUT2D eigenvalue weighted by molar-refractivity contribution is 5.99. The number of anilines is 1. The smallest absolute Gasteiger partial charge is 0.338 e. The minimum absolute atomic E-state index is 0.102. The monoisotopic (exact) mass is 325 g/mol. The number of nitrogens with one attached hydrogen (secondary N) is 1. The Balaban J connectivity index is 2.05. The number of ether oxygens (including phenoxy) is 1. The van der Waals surface area contributed by atoms with Gasteiger partial charge in [-0.05, 0) is 50.1 Å². The van der Waals surface area contributed by atoms with E-state index in [0.29, 0.717) is 17.9 Å².